The molecule has 1 aromatic heterocycles. The van der Waals surface area contributed by atoms with Crippen molar-refractivity contribution in [1.29, 1.82) is 0 Å². The number of allylic oxidation sites excluding steroid dienone is 2. The zero-order chi connectivity index (χ0) is 19.4. The molecule has 3 N–H and O–H groups in total. The minimum atomic E-state index is -2.58. The lowest BCUT2D eigenvalue weighted by molar-refractivity contribution is 0.0694. The van der Waals surface area contributed by atoms with Crippen LogP contribution < -0.4 is 11.2 Å². The fourth-order valence-electron chi connectivity index (χ4n) is 2.69. The van der Waals surface area contributed by atoms with Crippen LogP contribution in [0.1, 0.15) is 16.4 Å². The maximum absolute atomic E-state index is 14.3. The van der Waals surface area contributed by atoms with Crippen molar-refractivity contribution in [1.82, 2.24) is 4.57 Å². The summed E-state index contributed by atoms with van der Waals surface area (Å²) in [7, 11) is 0. The molecule has 136 valence electrons. The molecular weight excluding hydrogens is 380 g/mol. The molecule has 3 rings (SSSR count). The molecule has 26 heavy (non-hydrogen) atoms. The van der Waals surface area contributed by atoms with E-state index in [-0.39, 0.29) is 0 Å². The molecule has 0 fully saturated rings. The van der Waals surface area contributed by atoms with Crippen molar-refractivity contribution < 1.29 is 27.5 Å². The zero-order valence-electron chi connectivity index (χ0n) is 12.6. The van der Waals surface area contributed by atoms with Gasteiger partial charge in [0.2, 0.25) is 5.43 Å². The largest absolute Gasteiger partial charge is 0.477 e. The average molecular weight is 389 g/mol. The third kappa shape index (κ3) is 2.78. The first-order chi connectivity index (χ1) is 12.0. The standard InChI is InChI=1S/C16H9ClF4N2O3/c17-11-12(20)8(18)3-6-13(11)23(5-7(14(6)24)15(25)26)10-1-2-16(21,22)4-9(10)19/h1-5,10H,22H2,(H,25,26). The number of alkyl halides is 1. The minimum Gasteiger partial charge on any atom is -0.477 e. The van der Waals surface area contributed by atoms with Crippen LogP contribution in [-0.2, 0) is 0 Å². The van der Waals surface area contributed by atoms with E-state index >= 15 is 0 Å². The van der Waals surface area contributed by atoms with Crippen LogP contribution in [0.3, 0.4) is 0 Å². The fraction of sp³-hybridized carbons (Fsp3) is 0.125. The molecule has 2 aromatic rings. The summed E-state index contributed by atoms with van der Waals surface area (Å²) in [6.45, 7) is 0. The number of aromatic carboxylic acids is 1. The summed E-state index contributed by atoms with van der Waals surface area (Å²) in [5.74, 6) is -8.37. The van der Waals surface area contributed by atoms with E-state index in [1.165, 1.54) is 0 Å². The van der Waals surface area contributed by atoms with Gasteiger partial charge in [-0.15, -0.1) is 0 Å². The smallest absolute Gasteiger partial charge is 0.341 e. The molecule has 10 heteroatoms. The molecule has 1 aliphatic carbocycles. The molecule has 2 unspecified atom stereocenters. The maximum atomic E-state index is 14.3. The van der Waals surface area contributed by atoms with Crippen LogP contribution in [-0.4, -0.2) is 21.4 Å². The predicted molar refractivity (Wildman–Crippen MR) is 85.5 cm³/mol. The monoisotopic (exact) mass is 388 g/mol. The lowest BCUT2D eigenvalue weighted by Crippen LogP contribution is -2.33. The molecule has 1 aliphatic rings. The molecule has 0 aliphatic heterocycles. The molecule has 0 saturated carbocycles. The van der Waals surface area contributed by atoms with Gasteiger partial charge in [0.1, 0.15) is 22.5 Å². The number of carboxylic acid groups (broad SMARTS) is 1. The SMILES string of the molecule is NC1(F)C=CC(n2cc(C(=O)O)c(=O)c3cc(F)c(F)c(Cl)c32)C(F)=C1. The molecule has 0 saturated heterocycles. The Labute approximate surface area is 147 Å². The van der Waals surface area contributed by atoms with Crippen LogP contribution in [0.5, 0.6) is 0 Å². The number of pyridine rings is 1. The normalized spacial score (nSPS) is 22.5. The molecule has 0 bridgehead atoms. The number of hydrogen-bond donors (Lipinski definition) is 2. The first-order valence-electron chi connectivity index (χ1n) is 7.04. The summed E-state index contributed by atoms with van der Waals surface area (Å²) in [6.07, 6.45) is 2.89. The van der Waals surface area contributed by atoms with Gasteiger partial charge in [0.25, 0.3) is 0 Å². The van der Waals surface area contributed by atoms with E-state index in [9.17, 15) is 27.2 Å². The van der Waals surface area contributed by atoms with Gasteiger partial charge in [0.15, 0.2) is 17.4 Å². The highest BCUT2D eigenvalue weighted by atomic mass is 35.5. The number of hydrogen-bond acceptors (Lipinski definition) is 3. The van der Waals surface area contributed by atoms with Crippen LogP contribution in [0.2, 0.25) is 5.02 Å². The van der Waals surface area contributed by atoms with E-state index in [1.807, 2.05) is 0 Å². The number of aromatic nitrogens is 1. The van der Waals surface area contributed by atoms with Crippen molar-refractivity contribution in [2.24, 2.45) is 5.73 Å². The third-order valence-corrected chi connectivity index (χ3v) is 4.20. The number of carbonyl (C=O) groups is 1. The predicted octanol–water partition coefficient (Wildman–Crippen LogP) is 3.22. The van der Waals surface area contributed by atoms with E-state index in [0.29, 0.717) is 12.1 Å². The average Bonchev–Trinajstić information content (AvgIpc) is 2.53. The van der Waals surface area contributed by atoms with Crippen molar-refractivity contribution in [3.63, 3.8) is 0 Å². The lowest BCUT2D eigenvalue weighted by Gasteiger charge is -2.25. The van der Waals surface area contributed by atoms with Gasteiger partial charge in [0, 0.05) is 12.3 Å². The quantitative estimate of drug-likeness (QED) is 0.358. The van der Waals surface area contributed by atoms with Crippen molar-refractivity contribution in [2.45, 2.75) is 11.8 Å². The van der Waals surface area contributed by atoms with Crippen molar-refractivity contribution in [3.8, 4) is 0 Å². The highest BCUT2D eigenvalue weighted by molar-refractivity contribution is 6.35. The van der Waals surface area contributed by atoms with Gasteiger partial charge in [-0.05, 0) is 12.1 Å². The topological polar surface area (TPSA) is 85.3 Å². The number of nitrogens with two attached hydrogens (primary N) is 1. The zero-order valence-corrected chi connectivity index (χ0v) is 13.4. The number of nitrogens with zero attached hydrogens (tertiary/aromatic N) is 1. The second-order valence-corrected chi connectivity index (χ2v) is 6.01. The molecule has 2 atom stereocenters. The van der Waals surface area contributed by atoms with Gasteiger partial charge in [-0.3, -0.25) is 10.5 Å². The third-order valence-electron chi connectivity index (χ3n) is 3.86. The van der Waals surface area contributed by atoms with Crippen LogP contribution >= 0.6 is 11.6 Å². The van der Waals surface area contributed by atoms with Gasteiger partial charge in [-0.1, -0.05) is 17.7 Å². The second-order valence-electron chi connectivity index (χ2n) is 5.63. The van der Waals surface area contributed by atoms with Crippen molar-refractivity contribution in [3.05, 3.63) is 68.8 Å². The van der Waals surface area contributed by atoms with E-state index in [2.05, 4.69) is 0 Å². The van der Waals surface area contributed by atoms with Crippen LogP contribution in [0.4, 0.5) is 17.6 Å². The molecule has 0 amide bonds. The maximum Gasteiger partial charge on any atom is 0.341 e. The van der Waals surface area contributed by atoms with E-state index in [1.54, 1.807) is 0 Å². The number of rotatable bonds is 2. The first-order valence-corrected chi connectivity index (χ1v) is 7.42. The molecule has 0 radical (unpaired) electrons. The lowest BCUT2D eigenvalue weighted by atomic mass is 10.0. The Hall–Kier alpha value is -2.65. The van der Waals surface area contributed by atoms with E-state index in [0.717, 1.165) is 22.9 Å². The Balaban J connectivity index is 2.44. The Morgan fingerprint density at radius 1 is 1.35 bits per heavy atom. The number of halogens is 5. The molecule has 0 spiro atoms. The Kier molecular flexibility index (Phi) is 4.16. The molecule has 1 aromatic carbocycles. The van der Waals surface area contributed by atoms with Gasteiger partial charge >= 0.3 is 5.97 Å². The molecule has 5 nitrogen and oxygen atoms in total. The van der Waals surface area contributed by atoms with Gasteiger partial charge in [0.05, 0.1) is 10.9 Å². The fourth-order valence-corrected chi connectivity index (χ4v) is 2.98. The summed E-state index contributed by atoms with van der Waals surface area (Å²) >= 11 is 5.78. The van der Waals surface area contributed by atoms with Gasteiger partial charge < -0.3 is 9.67 Å². The van der Waals surface area contributed by atoms with E-state index < -0.39 is 62.2 Å². The molecule has 1 heterocycles. The van der Waals surface area contributed by atoms with Crippen molar-refractivity contribution in [2.75, 3.05) is 0 Å². The number of carboxylic acids is 1. The Morgan fingerprint density at radius 3 is 2.58 bits per heavy atom. The van der Waals surface area contributed by atoms with Crippen LogP contribution in [0, 0.1) is 11.6 Å². The Bertz CT molecular complexity index is 1080. The number of fused-ring (bicyclic) bond motifs is 1. The molecular formula is C16H9ClF4N2O3. The summed E-state index contributed by atoms with van der Waals surface area (Å²) < 4.78 is 56.3. The van der Waals surface area contributed by atoms with Crippen LogP contribution in [0.15, 0.2) is 41.1 Å². The Morgan fingerprint density at radius 2 is 2.00 bits per heavy atom. The highest BCUT2D eigenvalue weighted by Gasteiger charge is 2.30. The summed E-state index contributed by atoms with van der Waals surface area (Å²) in [4.78, 5) is 23.6. The van der Waals surface area contributed by atoms with E-state index in [4.69, 9.17) is 22.4 Å². The second kappa shape index (κ2) is 5.96. The minimum absolute atomic E-state index is 0.426. The summed E-state index contributed by atoms with van der Waals surface area (Å²) in [5.41, 5.74) is 2.74. The van der Waals surface area contributed by atoms with Crippen molar-refractivity contribution >= 4 is 28.5 Å². The number of benzene rings is 1. The first kappa shape index (κ1) is 18.2. The highest BCUT2D eigenvalue weighted by Crippen LogP contribution is 2.35. The van der Waals surface area contributed by atoms with Gasteiger partial charge in [-0.25, -0.2) is 22.4 Å². The summed E-state index contributed by atoms with van der Waals surface area (Å²) in [6, 6.07) is -0.996. The van der Waals surface area contributed by atoms with Gasteiger partial charge in [-0.2, -0.15) is 0 Å². The van der Waals surface area contributed by atoms with Crippen LogP contribution in [0.25, 0.3) is 10.9 Å². The summed E-state index contributed by atoms with van der Waals surface area (Å²) in [5, 5.41) is 7.75.